The third-order valence-corrected chi connectivity index (χ3v) is 8.89. The van der Waals surface area contributed by atoms with Crippen molar-refractivity contribution in [1.29, 1.82) is 5.26 Å². The Labute approximate surface area is 268 Å². The van der Waals surface area contributed by atoms with Gasteiger partial charge in [-0.05, 0) is 43.3 Å². The molecule has 0 spiro atoms. The second-order valence-corrected chi connectivity index (χ2v) is 12.0. The van der Waals surface area contributed by atoms with E-state index in [1.54, 1.807) is 36.4 Å². The van der Waals surface area contributed by atoms with E-state index >= 15 is 0 Å². The van der Waals surface area contributed by atoms with E-state index in [1.165, 1.54) is 6.92 Å². The van der Waals surface area contributed by atoms with Crippen molar-refractivity contribution in [3.05, 3.63) is 48.2 Å². The van der Waals surface area contributed by atoms with E-state index in [2.05, 4.69) is 36.1 Å². The molecule has 242 valence electrons. The number of likely N-dealkylation sites (tertiary alicyclic amines) is 1. The van der Waals surface area contributed by atoms with Crippen molar-refractivity contribution < 1.29 is 24.1 Å². The van der Waals surface area contributed by atoms with Crippen LogP contribution in [0.15, 0.2) is 42.6 Å². The number of piperazine rings is 1. The maximum absolute atomic E-state index is 12.2. The van der Waals surface area contributed by atoms with Gasteiger partial charge in [0, 0.05) is 63.4 Å². The standard InChI is InChI=1S/C33H40N8O5/c1-21-18-41(32(43)22(2)42)11-9-28(21)46-29-6-4-23(16-24(29)17-34)26-8-10-35-33(36-26)38-30-7-5-27(31(37-30)44-3)40-14-12-39(13-15-40)25-19-45-20-25/h4-8,10,16,21-22,25,28,42H,9,11-15,18-20H2,1-3H3,(H,35,36,37,38)/t21?,22-,28?/m0/s1. The number of methoxy groups -OCH3 is 1. The molecule has 3 aromatic rings. The summed E-state index contributed by atoms with van der Waals surface area (Å²) in [6.45, 7) is 9.85. The molecule has 0 saturated carbocycles. The van der Waals surface area contributed by atoms with E-state index in [0.717, 1.165) is 50.6 Å². The van der Waals surface area contributed by atoms with Crippen LogP contribution in [-0.4, -0.2) is 114 Å². The Morgan fingerprint density at radius 1 is 1.13 bits per heavy atom. The lowest BCUT2D eigenvalue weighted by molar-refractivity contribution is -0.142. The minimum Gasteiger partial charge on any atom is -0.489 e. The number of amides is 1. The number of benzene rings is 1. The van der Waals surface area contributed by atoms with Crippen molar-refractivity contribution in [2.45, 2.75) is 38.5 Å². The number of carbonyl (C=O) groups excluding carboxylic acids is 1. The zero-order chi connectivity index (χ0) is 32.2. The summed E-state index contributed by atoms with van der Waals surface area (Å²) in [6, 6.07) is 13.9. The number of nitrogens with zero attached hydrogens (tertiary/aromatic N) is 7. The number of aliphatic hydroxyl groups excluding tert-OH is 1. The molecule has 1 amide bonds. The van der Waals surface area contributed by atoms with Gasteiger partial charge < -0.3 is 34.4 Å². The maximum atomic E-state index is 12.2. The fraction of sp³-hybridized carbons (Fsp3) is 0.485. The van der Waals surface area contributed by atoms with Crippen LogP contribution in [0.25, 0.3) is 11.3 Å². The lowest BCUT2D eigenvalue weighted by atomic mass is 9.95. The van der Waals surface area contributed by atoms with Crippen molar-refractivity contribution in [1.82, 2.24) is 24.8 Å². The van der Waals surface area contributed by atoms with Gasteiger partial charge in [-0.2, -0.15) is 10.2 Å². The van der Waals surface area contributed by atoms with Crippen LogP contribution < -0.4 is 19.7 Å². The molecule has 1 aromatic carbocycles. The molecule has 3 aliphatic rings. The fourth-order valence-electron chi connectivity index (χ4n) is 6.16. The van der Waals surface area contributed by atoms with Crippen molar-refractivity contribution in [2.75, 3.05) is 69.8 Å². The van der Waals surface area contributed by atoms with Crippen LogP contribution in [0.1, 0.15) is 25.8 Å². The van der Waals surface area contributed by atoms with Gasteiger partial charge in [-0.15, -0.1) is 0 Å². The number of carbonyl (C=O) groups is 1. The highest BCUT2D eigenvalue weighted by atomic mass is 16.5. The molecule has 2 N–H and O–H groups in total. The maximum Gasteiger partial charge on any atom is 0.251 e. The summed E-state index contributed by atoms with van der Waals surface area (Å²) in [5, 5.41) is 22.8. The molecule has 13 nitrogen and oxygen atoms in total. The lowest BCUT2D eigenvalue weighted by Crippen LogP contribution is -2.56. The molecular formula is C33H40N8O5. The van der Waals surface area contributed by atoms with E-state index in [1.807, 2.05) is 25.1 Å². The summed E-state index contributed by atoms with van der Waals surface area (Å²) in [4.78, 5) is 32.4. The predicted molar refractivity (Wildman–Crippen MR) is 171 cm³/mol. The molecule has 5 heterocycles. The Kier molecular flexibility index (Phi) is 9.48. The second kappa shape index (κ2) is 13.9. The number of rotatable bonds is 9. The summed E-state index contributed by atoms with van der Waals surface area (Å²) < 4.78 is 17.3. The fourth-order valence-corrected chi connectivity index (χ4v) is 6.16. The van der Waals surface area contributed by atoms with E-state index < -0.39 is 6.10 Å². The molecule has 3 saturated heterocycles. The molecule has 3 fully saturated rings. The molecule has 3 aliphatic heterocycles. The van der Waals surface area contributed by atoms with Crippen LogP contribution in [-0.2, 0) is 9.53 Å². The number of pyridine rings is 1. The van der Waals surface area contributed by atoms with Gasteiger partial charge in [-0.1, -0.05) is 6.92 Å². The SMILES string of the molecule is COc1nc(Nc2nccc(-c3ccc(OC4CCN(C(=O)[C@H](C)O)CC4C)c(C#N)c3)n2)ccc1N1CCN(C2COC2)CC1. The Bertz CT molecular complexity index is 1580. The first-order valence-corrected chi connectivity index (χ1v) is 15.7. The summed E-state index contributed by atoms with van der Waals surface area (Å²) >= 11 is 0. The normalized spacial score (nSPS) is 21.2. The Morgan fingerprint density at radius 2 is 1.93 bits per heavy atom. The van der Waals surface area contributed by atoms with Crippen LogP contribution in [0, 0.1) is 17.2 Å². The molecule has 6 rings (SSSR count). The minimum absolute atomic E-state index is 0.0390. The molecule has 0 radical (unpaired) electrons. The Morgan fingerprint density at radius 3 is 2.61 bits per heavy atom. The third kappa shape index (κ3) is 6.84. The predicted octanol–water partition coefficient (Wildman–Crippen LogP) is 2.68. The average molecular weight is 629 g/mol. The van der Waals surface area contributed by atoms with Gasteiger partial charge in [-0.3, -0.25) is 9.69 Å². The first-order valence-electron chi connectivity index (χ1n) is 15.7. The van der Waals surface area contributed by atoms with Gasteiger partial charge in [0.25, 0.3) is 5.91 Å². The van der Waals surface area contributed by atoms with Gasteiger partial charge in [0.2, 0.25) is 11.8 Å². The highest BCUT2D eigenvalue weighted by Crippen LogP contribution is 2.32. The molecule has 13 heteroatoms. The van der Waals surface area contributed by atoms with Crippen molar-refractivity contribution >= 4 is 23.4 Å². The minimum atomic E-state index is -1.02. The number of ether oxygens (including phenoxy) is 3. The smallest absolute Gasteiger partial charge is 0.251 e. The molecule has 2 aromatic heterocycles. The van der Waals surface area contributed by atoms with Gasteiger partial charge in [0.15, 0.2) is 0 Å². The number of aliphatic hydroxyl groups is 1. The lowest BCUT2D eigenvalue weighted by Gasteiger charge is -2.43. The summed E-state index contributed by atoms with van der Waals surface area (Å²) in [6.07, 6.45) is 1.08. The Hall–Kier alpha value is -4.51. The summed E-state index contributed by atoms with van der Waals surface area (Å²) in [5.74, 6) is 1.70. The average Bonchev–Trinajstić information content (AvgIpc) is 3.05. The monoisotopic (exact) mass is 628 g/mol. The van der Waals surface area contributed by atoms with Crippen molar-refractivity contribution in [3.8, 4) is 29.0 Å². The highest BCUT2D eigenvalue weighted by molar-refractivity contribution is 5.80. The highest BCUT2D eigenvalue weighted by Gasteiger charge is 2.32. The van der Waals surface area contributed by atoms with Crippen LogP contribution in [0.2, 0.25) is 0 Å². The third-order valence-electron chi connectivity index (χ3n) is 8.89. The quantitative estimate of drug-likeness (QED) is 0.359. The zero-order valence-corrected chi connectivity index (χ0v) is 26.4. The van der Waals surface area contributed by atoms with Gasteiger partial charge in [-0.25, -0.2) is 9.97 Å². The zero-order valence-electron chi connectivity index (χ0n) is 26.4. The van der Waals surface area contributed by atoms with E-state index in [-0.39, 0.29) is 17.9 Å². The number of aromatic nitrogens is 3. The Balaban J connectivity index is 1.11. The molecule has 0 aliphatic carbocycles. The largest absolute Gasteiger partial charge is 0.489 e. The van der Waals surface area contributed by atoms with Gasteiger partial charge in [0.1, 0.15) is 35.5 Å². The van der Waals surface area contributed by atoms with E-state index in [4.69, 9.17) is 14.2 Å². The first kappa shape index (κ1) is 31.5. The molecule has 0 bridgehead atoms. The second-order valence-electron chi connectivity index (χ2n) is 12.0. The van der Waals surface area contributed by atoms with Gasteiger partial charge in [0.05, 0.1) is 37.6 Å². The van der Waals surface area contributed by atoms with Crippen LogP contribution in [0.5, 0.6) is 11.6 Å². The first-order chi connectivity index (χ1) is 22.3. The van der Waals surface area contributed by atoms with E-state index in [9.17, 15) is 15.2 Å². The van der Waals surface area contributed by atoms with Crippen LogP contribution in [0.3, 0.4) is 0 Å². The summed E-state index contributed by atoms with van der Waals surface area (Å²) in [5.41, 5.74) is 2.72. The molecule has 46 heavy (non-hydrogen) atoms. The summed E-state index contributed by atoms with van der Waals surface area (Å²) in [7, 11) is 1.62. The molecular weight excluding hydrogens is 588 g/mol. The van der Waals surface area contributed by atoms with Gasteiger partial charge >= 0.3 is 0 Å². The van der Waals surface area contributed by atoms with Crippen LogP contribution >= 0.6 is 0 Å². The molecule has 3 atom stereocenters. The van der Waals surface area contributed by atoms with Crippen LogP contribution in [0.4, 0.5) is 17.5 Å². The number of hydrogen-bond acceptors (Lipinski definition) is 12. The van der Waals surface area contributed by atoms with Crippen molar-refractivity contribution in [3.63, 3.8) is 0 Å². The number of anilines is 3. The number of nitriles is 1. The number of nitrogens with one attached hydrogen (secondary N) is 1. The van der Waals surface area contributed by atoms with E-state index in [0.29, 0.717) is 60.2 Å². The topological polar surface area (TPSA) is 149 Å². The molecule has 2 unspecified atom stereocenters. The number of piperidine rings is 1. The number of hydrogen-bond donors (Lipinski definition) is 2. The van der Waals surface area contributed by atoms with Crippen molar-refractivity contribution in [2.24, 2.45) is 5.92 Å².